The number of carbonyl (C=O) groups is 1. The summed E-state index contributed by atoms with van der Waals surface area (Å²) in [5, 5.41) is 3.27. The van der Waals surface area contributed by atoms with Gasteiger partial charge in [-0.1, -0.05) is 6.07 Å². The molecule has 0 saturated heterocycles. The molecular formula is C15H21NO4. The van der Waals surface area contributed by atoms with E-state index in [2.05, 4.69) is 5.32 Å². The molecule has 1 saturated carbocycles. The van der Waals surface area contributed by atoms with Crippen LogP contribution in [0.2, 0.25) is 0 Å². The summed E-state index contributed by atoms with van der Waals surface area (Å²) in [6.07, 6.45) is 2.16. The third-order valence-electron chi connectivity index (χ3n) is 3.52. The standard InChI is InChI=1S/C15H21NO4/c1-18-12-7-4-10(8-13(12)19-2)9-16-14(11-5-6-11)15(17)20-3/h4,7-8,11,14,16H,5-6,9H2,1-3H3. The van der Waals surface area contributed by atoms with Crippen LogP contribution in [0, 0.1) is 5.92 Å². The van der Waals surface area contributed by atoms with Gasteiger partial charge in [0.2, 0.25) is 0 Å². The van der Waals surface area contributed by atoms with Gasteiger partial charge >= 0.3 is 5.97 Å². The fraction of sp³-hybridized carbons (Fsp3) is 0.533. The molecule has 20 heavy (non-hydrogen) atoms. The molecule has 5 heteroatoms. The summed E-state index contributed by atoms with van der Waals surface area (Å²) in [4.78, 5) is 11.7. The number of carbonyl (C=O) groups excluding carboxylic acids is 1. The van der Waals surface area contributed by atoms with Crippen molar-refractivity contribution in [3.05, 3.63) is 23.8 Å². The first-order chi connectivity index (χ1) is 9.69. The number of hydrogen-bond donors (Lipinski definition) is 1. The van der Waals surface area contributed by atoms with E-state index in [1.807, 2.05) is 18.2 Å². The molecule has 1 aromatic rings. The molecule has 1 aromatic carbocycles. The number of hydrogen-bond acceptors (Lipinski definition) is 5. The summed E-state index contributed by atoms with van der Waals surface area (Å²) >= 11 is 0. The zero-order valence-electron chi connectivity index (χ0n) is 12.1. The Morgan fingerprint density at radius 1 is 1.25 bits per heavy atom. The minimum atomic E-state index is -0.215. The summed E-state index contributed by atoms with van der Waals surface area (Å²) in [6.45, 7) is 0.594. The predicted octanol–water partition coefficient (Wildman–Crippen LogP) is 1.74. The largest absolute Gasteiger partial charge is 0.493 e. The maximum Gasteiger partial charge on any atom is 0.323 e. The number of nitrogens with one attached hydrogen (secondary N) is 1. The normalized spacial score (nSPS) is 15.6. The molecule has 1 N–H and O–H groups in total. The van der Waals surface area contributed by atoms with E-state index in [0.717, 1.165) is 18.4 Å². The zero-order chi connectivity index (χ0) is 14.5. The van der Waals surface area contributed by atoms with Crippen LogP contribution in [0.5, 0.6) is 11.5 Å². The average Bonchev–Trinajstić information content (AvgIpc) is 3.31. The van der Waals surface area contributed by atoms with Gasteiger partial charge in [0.25, 0.3) is 0 Å². The van der Waals surface area contributed by atoms with Crippen LogP contribution in [0.3, 0.4) is 0 Å². The van der Waals surface area contributed by atoms with Crippen molar-refractivity contribution in [2.45, 2.75) is 25.4 Å². The van der Waals surface area contributed by atoms with Gasteiger partial charge in [0.05, 0.1) is 21.3 Å². The van der Waals surface area contributed by atoms with E-state index in [1.165, 1.54) is 7.11 Å². The highest BCUT2D eigenvalue weighted by atomic mass is 16.5. The Morgan fingerprint density at radius 3 is 2.50 bits per heavy atom. The molecule has 0 aromatic heterocycles. The lowest BCUT2D eigenvalue weighted by atomic mass is 10.1. The Hall–Kier alpha value is -1.75. The van der Waals surface area contributed by atoms with Crippen LogP contribution in [0.1, 0.15) is 18.4 Å². The molecule has 0 amide bonds. The summed E-state index contributed by atoms with van der Waals surface area (Å²) in [5.74, 6) is 1.60. The van der Waals surface area contributed by atoms with Crippen molar-refractivity contribution in [2.75, 3.05) is 21.3 Å². The van der Waals surface area contributed by atoms with E-state index in [0.29, 0.717) is 24.0 Å². The van der Waals surface area contributed by atoms with Gasteiger partial charge in [-0.05, 0) is 36.5 Å². The molecule has 0 radical (unpaired) electrons. The second-order valence-electron chi connectivity index (χ2n) is 4.91. The molecule has 0 bridgehead atoms. The number of rotatable bonds is 7. The lowest BCUT2D eigenvalue weighted by Crippen LogP contribution is -2.39. The molecule has 110 valence electrons. The first kappa shape index (κ1) is 14.7. The van der Waals surface area contributed by atoms with Gasteiger partial charge in [-0.25, -0.2) is 0 Å². The highest BCUT2D eigenvalue weighted by molar-refractivity contribution is 5.76. The first-order valence-corrected chi connectivity index (χ1v) is 6.71. The quantitative estimate of drug-likeness (QED) is 0.771. The van der Waals surface area contributed by atoms with E-state index in [1.54, 1.807) is 14.2 Å². The molecule has 1 aliphatic carbocycles. The summed E-state index contributed by atoms with van der Waals surface area (Å²) in [5.41, 5.74) is 1.04. The predicted molar refractivity (Wildman–Crippen MR) is 74.9 cm³/mol. The van der Waals surface area contributed by atoms with E-state index in [-0.39, 0.29) is 12.0 Å². The summed E-state index contributed by atoms with van der Waals surface area (Å²) in [6, 6.07) is 5.51. The minimum Gasteiger partial charge on any atom is -0.493 e. The van der Waals surface area contributed by atoms with Gasteiger partial charge in [-0.15, -0.1) is 0 Å². The van der Waals surface area contributed by atoms with Gasteiger partial charge in [0.1, 0.15) is 6.04 Å². The Bertz CT molecular complexity index is 471. The molecule has 1 fully saturated rings. The molecule has 1 aliphatic rings. The lowest BCUT2D eigenvalue weighted by molar-refractivity contribution is -0.143. The third kappa shape index (κ3) is 3.42. The second-order valence-corrected chi connectivity index (χ2v) is 4.91. The fourth-order valence-electron chi connectivity index (χ4n) is 2.22. The molecular weight excluding hydrogens is 258 g/mol. The van der Waals surface area contributed by atoms with Gasteiger partial charge < -0.3 is 19.5 Å². The maximum absolute atomic E-state index is 11.7. The van der Waals surface area contributed by atoms with E-state index in [9.17, 15) is 4.79 Å². The number of ether oxygens (including phenoxy) is 3. The third-order valence-corrected chi connectivity index (χ3v) is 3.52. The molecule has 1 unspecified atom stereocenters. The van der Waals surface area contributed by atoms with Crippen molar-refractivity contribution in [1.29, 1.82) is 0 Å². The van der Waals surface area contributed by atoms with E-state index < -0.39 is 0 Å². The van der Waals surface area contributed by atoms with E-state index >= 15 is 0 Å². The highest BCUT2D eigenvalue weighted by Crippen LogP contribution is 2.33. The van der Waals surface area contributed by atoms with Crippen molar-refractivity contribution >= 4 is 5.97 Å². The molecule has 5 nitrogen and oxygen atoms in total. The summed E-state index contributed by atoms with van der Waals surface area (Å²) in [7, 11) is 4.64. The SMILES string of the molecule is COC(=O)C(NCc1ccc(OC)c(OC)c1)C1CC1. The van der Waals surface area contributed by atoms with Crippen molar-refractivity contribution in [1.82, 2.24) is 5.32 Å². The monoisotopic (exact) mass is 279 g/mol. The van der Waals surface area contributed by atoms with Gasteiger partial charge in [0.15, 0.2) is 11.5 Å². The maximum atomic E-state index is 11.7. The van der Waals surface area contributed by atoms with E-state index in [4.69, 9.17) is 14.2 Å². The second kappa shape index (κ2) is 6.61. The molecule has 2 rings (SSSR count). The Morgan fingerprint density at radius 2 is 1.95 bits per heavy atom. The Balaban J connectivity index is 2.00. The topological polar surface area (TPSA) is 56.8 Å². The smallest absolute Gasteiger partial charge is 0.323 e. The van der Waals surface area contributed by atoms with Gasteiger partial charge in [-0.2, -0.15) is 0 Å². The lowest BCUT2D eigenvalue weighted by Gasteiger charge is -2.16. The molecule has 0 heterocycles. The van der Waals surface area contributed by atoms with Crippen molar-refractivity contribution in [2.24, 2.45) is 5.92 Å². The molecule has 0 aliphatic heterocycles. The van der Waals surface area contributed by atoms with Crippen LogP contribution in [-0.4, -0.2) is 33.3 Å². The Labute approximate surface area is 119 Å². The van der Waals surface area contributed by atoms with Crippen LogP contribution in [0.25, 0.3) is 0 Å². The fourth-order valence-corrected chi connectivity index (χ4v) is 2.22. The van der Waals surface area contributed by atoms with Crippen LogP contribution >= 0.6 is 0 Å². The van der Waals surface area contributed by atoms with Gasteiger partial charge in [0, 0.05) is 6.54 Å². The van der Waals surface area contributed by atoms with Crippen molar-refractivity contribution in [3.63, 3.8) is 0 Å². The minimum absolute atomic E-state index is 0.187. The number of methoxy groups -OCH3 is 3. The van der Waals surface area contributed by atoms with Crippen molar-refractivity contribution < 1.29 is 19.0 Å². The Kier molecular flexibility index (Phi) is 4.84. The number of benzene rings is 1. The highest BCUT2D eigenvalue weighted by Gasteiger charge is 2.36. The average molecular weight is 279 g/mol. The van der Waals surface area contributed by atoms with Crippen LogP contribution < -0.4 is 14.8 Å². The summed E-state index contributed by atoms with van der Waals surface area (Å²) < 4.78 is 15.3. The number of esters is 1. The molecule has 1 atom stereocenters. The van der Waals surface area contributed by atoms with Crippen molar-refractivity contribution in [3.8, 4) is 11.5 Å². The van der Waals surface area contributed by atoms with Crippen LogP contribution in [-0.2, 0) is 16.1 Å². The van der Waals surface area contributed by atoms with Crippen LogP contribution in [0.15, 0.2) is 18.2 Å². The molecule has 0 spiro atoms. The van der Waals surface area contributed by atoms with Gasteiger partial charge in [-0.3, -0.25) is 4.79 Å². The zero-order valence-corrected chi connectivity index (χ0v) is 12.1. The van der Waals surface area contributed by atoms with Crippen LogP contribution in [0.4, 0.5) is 0 Å². The first-order valence-electron chi connectivity index (χ1n) is 6.71.